The van der Waals surface area contributed by atoms with Gasteiger partial charge < -0.3 is 14.6 Å². The van der Waals surface area contributed by atoms with Crippen molar-refractivity contribution in [2.45, 2.75) is 6.54 Å². The van der Waals surface area contributed by atoms with Crippen molar-refractivity contribution in [1.82, 2.24) is 15.4 Å². The number of nitrogens with one attached hydrogen (secondary N) is 3. The predicted molar refractivity (Wildman–Crippen MR) is 120 cm³/mol. The zero-order valence-electron chi connectivity index (χ0n) is 15.8. The fourth-order valence-electron chi connectivity index (χ4n) is 3.32. The summed E-state index contributed by atoms with van der Waals surface area (Å²) >= 11 is 5.24. The molecule has 0 saturated heterocycles. The maximum Gasteiger partial charge on any atom is 0.258 e. The Hall–Kier alpha value is -3.58. The predicted octanol–water partition coefficient (Wildman–Crippen LogP) is 3.82. The molecule has 3 N–H and O–H groups in total. The van der Waals surface area contributed by atoms with Crippen molar-refractivity contribution in [3.8, 4) is 5.75 Å². The van der Waals surface area contributed by atoms with Crippen LogP contribution in [0.4, 0.5) is 5.69 Å². The van der Waals surface area contributed by atoms with E-state index in [1.165, 1.54) is 0 Å². The van der Waals surface area contributed by atoms with E-state index < -0.39 is 0 Å². The number of thiocarbonyl (C=S) groups is 1. The summed E-state index contributed by atoms with van der Waals surface area (Å²) in [5, 5.41) is 5.56. The summed E-state index contributed by atoms with van der Waals surface area (Å²) in [6.07, 6.45) is 0. The lowest BCUT2D eigenvalue weighted by molar-refractivity contribution is -0.122. The third-order valence-electron chi connectivity index (χ3n) is 4.64. The van der Waals surface area contributed by atoms with Crippen molar-refractivity contribution < 1.29 is 9.53 Å². The van der Waals surface area contributed by atoms with Gasteiger partial charge in [-0.25, -0.2) is 0 Å². The van der Waals surface area contributed by atoms with Gasteiger partial charge in [0.25, 0.3) is 5.91 Å². The van der Waals surface area contributed by atoms with Crippen molar-refractivity contribution in [3.63, 3.8) is 0 Å². The molecule has 1 aromatic heterocycles. The number of carbonyl (C=O) groups excluding carboxylic acids is 1. The molecule has 0 fully saturated rings. The molecule has 0 atom stereocenters. The number of nitrogens with zero attached hydrogens (tertiary/aromatic N) is 1. The van der Waals surface area contributed by atoms with Gasteiger partial charge in [0.1, 0.15) is 12.3 Å². The Morgan fingerprint density at radius 2 is 1.48 bits per heavy atom. The van der Waals surface area contributed by atoms with Gasteiger partial charge in [0, 0.05) is 27.5 Å². The number of carbonyl (C=O) groups is 1. The molecule has 7 heteroatoms. The minimum absolute atomic E-state index is 0.173. The minimum atomic E-state index is -0.199. The van der Waals surface area contributed by atoms with Gasteiger partial charge in [0.05, 0.1) is 7.11 Å². The first kappa shape index (κ1) is 18.8. The molecular formula is C22H20N4O2S. The first-order chi connectivity index (χ1) is 14.2. The van der Waals surface area contributed by atoms with Crippen LogP contribution in [-0.2, 0) is 11.3 Å². The van der Waals surface area contributed by atoms with E-state index in [1.807, 2.05) is 65.2 Å². The second-order valence-corrected chi connectivity index (χ2v) is 6.88. The second-order valence-electron chi connectivity index (χ2n) is 6.48. The zero-order valence-corrected chi connectivity index (χ0v) is 16.6. The molecule has 0 aliphatic carbocycles. The minimum Gasteiger partial charge on any atom is -0.497 e. The van der Waals surface area contributed by atoms with Gasteiger partial charge in [-0.1, -0.05) is 36.4 Å². The Balaban J connectivity index is 1.42. The third-order valence-corrected chi connectivity index (χ3v) is 4.85. The number of rotatable bonds is 4. The van der Waals surface area contributed by atoms with Crippen LogP contribution in [0.2, 0.25) is 0 Å². The SMILES string of the molecule is COc1ccc(NC(=S)NNC(=O)Cn2c3ccccc3c3ccccc32)cc1. The molecule has 29 heavy (non-hydrogen) atoms. The third kappa shape index (κ3) is 4.00. The van der Waals surface area contributed by atoms with Crippen LogP contribution in [0.15, 0.2) is 72.8 Å². The van der Waals surface area contributed by atoms with Gasteiger partial charge in [-0.3, -0.25) is 15.6 Å². The molecule has 0 radical (unpaired) electrons. The van der Waals surface area contributed by atoms with Gasteiger partial charge in [0.15, 0.2) is 5.11 Å². The smallest absolute Gasteiger partial charge is 0.258 e. The summed E-state index contributed by atoms with van der Waals surface area (Å²) in [5.41, 5.74) is 8.22. The number of hydrazine groups is 1. The number of anilines is 1. The van der Waals surface area contributed by atoms with Crippen LogP contribution in [0.25, 0.3) is 21.8 Å². The van der Waals surface area contributed by atoms with Crippen LogP contribution in [-0.4, -0.2) is 22.7 Å². The Morgan fingerprint density at radius 1 is 0.897 bits per heavy atom. The van der Waals surface area contributed by atoms with E-state index in [1.54, 1.807) is 7.11 Å². The maximum absolute atomic E-state index is 12.5. The zero-order chi connectivity index (χ0) is 20.2. The standard InChI is InChI=1S/C22H20N4O2S/c1-28-16-12-10-15(11-13-16)23-22(29)25-24-21(27)14-26-19-8-4-2-6-17(19)18-7-3-5-9-20(18)26/h2-13H,14H2,1H3,(H,24,27)(H2,23,25,29). The Bertz CT molecular complexity index is 1130. The quantitative estimate of drug-likeness (QED) is 0.356. The highest BCUT2D eigenvalue weighted by Crippen LogP contribution is 2.28. The van der Waals surface area contributed by atoms with E-state index in [4.69, 9.17) is 17.0 Å². The van der Waals surface area contributed by atoms with Crippen molar-refractivity contribution in [1.29, 1.82) is 0 Å². The molecule has 4 aromatic rings. The van der Waals surface area contributed by atoms with Crippen molar-refractivity contribution in [2.24, 2.45) is 0 Å². The summed E-state index contributed by atoms with van der Waals surface area (Å²) in [4.78, 5) is 12.5. The van der Waals surface area contributed by atoms with E-state index in [0.29, 0.717) is 5.11 Å². The fraction of sp³-hybridized carbons (Fsp3) is 0.0909. The number of para-hydroxylation sites is 2. The normalized spacial score (nSPS) is 10.7. The van der Waals surface area contributed by atoms with Crippen LogP contribution < -0.4 is 20.9 Å². The molecule has 1 heterocycles. The highest BCUT2D eigenvalue weighted by molar-refractivity contribution is 7.80. The number of benzene rings is 3. The van der Waals surface area contributed by atoms with Gasteiger partial charge in [-0.2, -0.15) is 0 Å². The molecule has 0 spiro atoms. The summed E-state index contributed by atoms with van der Waals surface area (Å²) in [5.74, 6) is 0.560. The lowest BCUT2D eigenvalue weighted by Gasteiger charge is -2.13. The van der Waals surface area contributed by atoms with Crippen LogP contribution in [0.1, 0.15) is 0 Å². The molecule has 3 aromatic carbocycles. The number of amides is 1. The van der Waals surface area contributed by atoms with Crippen molar-refractivity contribution in [3.05, 3.63) is 72.8 Å². The van der Waals surface area contributed by atoms with Crippen LogP contribution in [0, 0.1) is 0 Å². The molecule has 0 bridgehead atoms. The molecule has 0 aliphatic heterocycles. The van der Waals surface area contributed by atoms with Gasteiger partial charge >= 0.3 is 0 Å². The second kappa shape index (κ2) is 8.20. The highest BCUT2D eigenvalue weighted by atomic mass is 32.1. The number of hydrogen-bond donors (Lipinski definition) is 3. The number of hydrogen-bond acceptors (Lipinski definition) is 3. The van der Waals surface area contributed by atoms with Crippen LogP contribution in [0.5, 0.6) is 5.75 Å². The van der Waals surface area contributed by atoms with Crippen molar-refractivity contribution >= 4 is 50.7 Å². The lowest BCUT2D eigenvalue weighted by Crippen LogP contribution is -2.45. The Kier molecular flexibility index (Phi) is 5.31. The number of aromatic nitrogens is 1. The van der Waals surface area contributed by atoms with E-state index in [9.17, 15) is 4.79 Å². The van der Waals surface area contributed by atoms with Crippen LogP contribution in [0.3, 0.4) is 0 Å². The summed E-state index contributed by atoms with van der Waals surface area (Å²) < 4.78 is 7.13. The highest BCUT2D eigenvalue weighted by Gasteiger charge is 2.12. The Morgan fingerprint density at radius 3 is 2.07 bits per heavy atom. The molecule has 6 nitrogen and oxygen atoms in total. The molecule has 0 aliphatic rings. The maximum atomic E-state index is 12.5. The van der Waals surface area contributed by atoms with E-state index in [0.717, 1.165) is 33.2 Å². The number of fused-ring (bicyclic) bond motifs is 3. The number of ether oxygens (including phenoxy) is 1. The monoisotopic (exact) mass is 404 g/mol. The molecule has 0 saturated carbocycles. The molecule has 0 unspecified atom stereocenters. The van der Waals surface area contributed by atoms with E-state index in [-0.39, 0.29) is 12.5 Å². The van der Waals surface area contributed by atoms with Gasteiger partial charge in [-0.05, 0) is 48.6 Å². The topological polar surface area (TPSA) is 67.3 Å². The summed E-state index contributed by atoms with van der Waals surface area (Å²) in [6.45, 7) is 0.173. The largest absolute Gasteiger partial charge is 0.497 e. The first-order valence-corrected chi connectivity index (χ1v) is 9.52. The first-order valence-electron chi connectivity index (χ1n) is 9.11. The number of methoxy groups -OCH3 is 1. The van der Waals surface area contributed by atoms with Crippen molar-refractivity contribution in [2.75, 3.05) is 12.4 Å². The average molecular weight is 404 g/mol. The van der Waals surface area contributed by atoms with Gasteiger partial charge in [0.2, 0.25) is 0 Å². The van der Waals surface area contributed by atoms with E-state index in [2.05, 4.69) is 28.3 Å². The Labute approximate surface area is 173 Å². The van der Waals surface area contributed by atoms with Gasteiger partial charge in [-0.15, -0.1) is 0 Å². The van der Waals surface area contributed by atoms with Crippen LogP contribution >= 0.6 is 12.2 Å². The molecule has 146 valence electrons. The molecule has 4 rings (SSSR count). The summed E-state index contributed by atoms with van der Waals surface area (Å²) in [7, 11) is 1.61. The fourth-order valence-corrected chi connectivity index (χ4v) is 3.49. The average Bonchev–Trinajstić information content (AvgIpc) is 3.07. The molecular weight excluding hydrogens is 384 g/mol. The lowest BCUT2D eigenvalue weighted by atomic mass is 10.2. The summed E-state index contributed by atoms with van der Waals surface area (Å²) in [6, 6.07) is 23.5. The van der Waals surface area contributed by atoms with E-state index >= 15 is 0 Å². The molecule has 1 amide bonds.